The van der Waals surface area contributed by atoms with Gasteiger partial charge in [-0.25, -0.2) is 4.79 Å². The lowest BCUT2D eigenvalue weighted by Crippen LogP contribution is -2.50. The van der Waals surface area contributed by atoms with Crippen molar-refractivity contribution in [3.8, 4) is 0 Å². The lowest BCUT2D eigenvalue weighted by Gasteiger charge is -2.21. The highest BCUT2D eigenvalue weighted by atomic mass is 35.5. The zero-order chi connectivity index (χ0) is 36.1. The van der Waals surface area contributed by atoms with Gasteiger partial charge in [0.1, 0.15) is 31.0 Å². The molecule has 3 aromatic rings. The number of carboxylic acids is 3. The molecule has 0 aliphatic heterocycles. The molecule has 12 nitrogen and oxygen atoms in total. The summed E-state index contributed by atoms with van der Waals surface area (Å²) in [4.78, 5) is 70.5. The molecule has 0 saturated heterocycles. The Morgan fingerprint density at radius 1 is 0.688 bits per heavy atom. The number of nitrogens with one attached hydrogen (secondary N) is 2. The molecular formula is C32H30Cl4N2O10. The number of hydrogen-bond donors (Lipinski definition) is 5. The Morgan fingerprint density at radius 2 is 1.12 bits per heavy atom. The Bertz CT molecular complexity index is 1540. The number of carbonyl (C=O) groups is 6. The van der Waals surface area contributed by atoms with Gasteiger partial charge in [0.15, 0.2) is 5.78 Å². The van der Waals surface area contributed by atoms with Gasteiger partial charge in [-0.2, -0.15) is 0 Å². The number of hydrogen-bond acceptors (Lipinski definition) is 7. The second kappa shape index (κ2) is 18.8. The standard InChI is InChI=1S/C17H10Cl4O5.C15H20N2O5/c18-7-3-1-4-8(19)11(7)13(16(23)24)15(22)14(17(25)26)12-9(20)5-2-6-10(12)21;1-10(2)13(14(20)16-8-12(18)19)17-15(21)22-9-11-6-4-3-5-7-11/h1-6,13-14H,(H,23,24)(H,25,26);3-7,10,13H,8-9H2,1-2H3,(H,16,20)(H,17,21)(H,18,19)/t;13-/m.0/s1. The Morgan fingerprint density at radius 3 is 1.50 bits per heavy atom. The first-order valence-corrected chi connectivity index (χ1v) is 15.4. The number of rotatable bonds is 13. The van der Waals surface area contributed by atoms with Crippen LogP contribution in [0.25, 0.3) is 0 Å². The van der Waals surface area contributed by atoms with Crippen molar-refractivity contribution < 1.29 is 48.8 Å². The van der Waals surface area contributed by atoms with Crippen molar-refractivity contribution in [2.24, 2.45) is 5.92 Å². The van der Waals surface area contributed by atoms with Crippen molar-refractivity contribution in [3.05, 3.63) is 104 Å². The summed E-state index contributed by atoms with van der Waals surface area (Å²) in [5.41, 5.74) is 0.444. The minimum Gasteiger partial charge on any atom is -0.480 e. The molecule has 2 unspecified atom stereocenters. The van der Waals surface area contributed by atoms with Gasteiger partial charge in [-0.05, 0) is 35.7 Å². The summed E-state index contributed by atoms with van der Waals surface area (Å²) in [6, 6.07) is 16.6. The van der Waals surface area contributed by atoms with E-state index in [4.69, 9.17) is 56.2 Å². The number of amides is 2. The van der Waals surface area contributed by atoms with Crippen molar-refractivity contribution in [2.45, 2.75) is 38.3 Å². The van der Waals surface area contributed by atoms with Gasteiger partial charge in [-0.1, -0.05) is 103 Å². The quantitative estimate of drug-likeness (QED) is 0.129. The number of ether oxygens (including phenoxy) is 1. The van der Waals surface area contributed by atoms with E-state index in [9.17, 15) is 39.0 Å². The summed E-state index contributed by atoms with van der Waals surface area (Å²) in [5.74, 6) is -10.1. The summed E-state index contributed by atoms with van der Waals surface area (Å²) in [5, 5.41) is 32.1. The fraction of sp³-hybridized carbons (Fsp3) is 0.250. The molecule has 0 aliphatic carbocycles. The molecule has 256 valence electrons. The Balaban J connectivity index is 0.000000339. The van der Waals surface area contributed by atoms with Crippen LogP contribution in [0.2, 0.25) is 20.1 Å². The first-order chi connectivity index (χ1) is 22.6. The molecule has 16 heteroatoms. The first-order valence-electron chi connectivity index (χ1n) is 13.9. The molecular weight excluding hydrogens is 714 g/mol. The van der Waals surface area contributed by atoms with Crippen LogP contribution in [0.3, 0.4) is 0 Å². The molecule has 0 heterocycles. The lowest BCUT2D eigenvalue weighted by atomic mass is 9.83. The highest BCUT2D eigenvalue weighted by Crippen LogP contribution is 2.39. The second-order valence-electron chi connectivity index (χ2n) is 10.3. The molecule has 3 rings (SSSR count). The molecule has 0 radical (unpaired) electrons. The van der Waals surface area contributed by atoms with Crippen LogP contribution in [0.15, 0.2) is 66.7 Å². The number of alkyl carbamates (subject to hydrolysis) is 1. The Kier molecular flexibility index (Phi) is 15.6. The molecule has 5 N–H and O–H groups in total. The zero-order valence-corrected chi connectivity index (χ0v) is 28.3. The Hall–Kier alpha value is -4.36. The Labute approximate surface area is 294 Å². The summed E-state index contributed by atoms with van der Waals surface area (Å²) < 4.78 is 5.04. The molecule has 0 aromatic heterocycles. The number of benzene rings is 3. The molecule has 0 aliphatic rings. The summed E-state index contributed by atoms with van der Waals surface area (Å²) in [7, 11) is 0. The molecule has 2 amide bonds. The lowest BCUT2D eigenvalue weighted by molar-refractivity contribution is -0.147. The molecule has 0 saturated carbocycles. The molecule has 3 atom stereocenters. The second-order valence-corrected chi connectivity index (χ2v) is 11.9. The van der Waals surface area contributed by atoms with Gasteiger partial charge >= 0.3 is 24.0 Å². The first kappa shape index (κ1) is 39.8. The van der Waals surface area contributed by atoms with Crippen LogP contribution >= 0.6 is 46.4 Å². The van der Waals surface area contributed by atoms with Crippen molar-refractivity contribution in [3.63, 3.8) is 0 Å². The molecule has 0 spiro atoms. The van der Waals surface area contributed by atoms with E-state index in [2.05, 4.69) is 10.6 Å². The fourth-order valence-electron chi connectivity index (χ4n) is 4.21. The van der Waals surface area contributed by atoms with Crippen LogP contribution in [0.5, 0.6) is 0 Å². The van der Waals surface area contributed by atoms with E-state index in [1.807, 2.05) is 30.3 Å². The summed E-state index contributed by atoms with van der Waals surface area (Å²) >= 11 is 24.0. The SMILES string of the molecule is CC(C)[C@H](NC(=O)OCc1ccccc1)C(=O)NCC(=O)O.O=C(O)C(C(=O)C(C(=O)O)c1c(Cl)cccc1Cl)c1c(Cl)cccc1Cl. The normalized spacial score (nSPS) is 12.4. The number of carbonyl (C=O) groups excluding carboxylic acids is 3. The van der Waals surface area contributed by atoms with E-state index < -0.39 is 60.1 Å². The van der Waals surface area contributed by atoms with Crippen molar-refractivity contribution in [1.29, 1.82) is 0 Å². The highest BCUT2D eigenvalue weighted by molar-refractivity contribution is 6.39. The van der Waals surface area contributed by atoms with Gasteiger partial charge < -0.3 is 30.7 Å². The van der Waals surface area contributed by atoms with Crippen LogP contribution in [-0.4, -0.2) is 63.6 Å². The number of aliphatic carboxylic acids is 3. The highest BCUT2D eigenvalue weighted by Gasteiger charge is 2.42. The summed E-state index contributed by atoms with van der Waals surface area (Å²) in [6.07, 6.45) is -0.729. The van der Waals surface area contributed by atoms with Gasteiger partial charge in [-0.15, -0.1) is 0 Å². The predicted octanol–water partition coefficient (Wildman–Crippen LogP) is 6.04. The number of ketones is 1. The van der Waals surface area contributed by atoms with E-state index in [0.717, 1.165) is 5.56 Å². The van der Waals surface area contributed by atoms with Gasteiger partial charge in [-0.3, -0.25) is 24.0 Å². The third kappa shape index (κ3) is 11.4. The third-order valence-corrected chi connectivity index (χ3v) is 7.81. The molecule has 0 bridgehead atoms. The van der Waals surface area contributed by atoms with E-state index in [0.29, 0.717) is 0 Å². The van der Waals surface area contributed by atoms with Crippen LogP contribution in [0, 0.1) is 5.92 Å². The molecule has 3 aromatic carbocycles. The number of halogens is 4. The maximum Gasteiger partial charge on any atom is 0.408 e. The van der Waals surface area contributed by atoms with Gasteiger partial charge in [0, 0.05) is 31.2 Å². The molecule has 48 heavy (non-hydrogen) atoms. The van der Waals surface area contributed by atoms with Crippen LogP contribution in [-0.2, 0) is 35.3 Å². The maximum absolute atomic E-state index is 12.9. The average molecular weight is 744 g/mol. The topological polar surface area (TPSA) is 196 Å². The predicted molar refractivity (Wildman–Crippen MR) is 178 cm³/mol. The zero-order valence-electron chi connectivity index (χ0n) is 25.3. The maximum atomic E-state index is 12.9. The monoisotopic (exact) mass is 742 g/mol. The van der Waals surface area contributed by atoms with Gasteiger partial charge in [0.2, 0.25) is 5.91 Å². The summed E-state index contributed by atoms with van der Waals surface area (Å²) in [6.45, 7) is 3.07. The van der Waals surface area contributed by atoms with Gasteiger partial charge in [0.25, 0.3) is 0 Å². The number of carboxylic acid groups (broad SMARTS) is 3. The fourth-order valence-corrected chi connectivity index (χ4v) is 5.45. The molecule has 0 fully saturated rings. The van der Waals surface area contributed by atoms with Crippen molar-refractivity contribution in [2.75, 3.05) is 6.54 Å². The van der Waals surface area contributed by atoms with E-state index >= 15 is 0 Å². The van der Waals surface area contributed by atoms with Gasteiger partial charge in [0.05, 0.1) is 0 Å². The van der Waals surface area contributed by atoms with Crippen LogP contribution < -0.4 is 10.6 Å². The van der Waals surface area contributed by atoms with Crippen LogP contribution in [0.1, 0.15) is 42.4 Å². The minimum absolute atomic E-state index is 0.0763. The minimum atomic E-state index is -1.91. The largest absolute Gasteiger partial charge is 0.480 e. The average Bonchev–Trinajstić information content (AvgIpc) is 3.01. The van der Waals surface area contributed by atoms with Crippen LogP contribution in [0.4, 0.5) is 4.79 Å². The third-order valence-electron chi connectivity index (χ3n) is 6.49. The van der Waals surface area contributed by atoms with Crippen molar-refractivity contribution in [1.82, 2.24) is 10.6 Å². The smallest absolute Gasteiger partial charge is 0.408 e. The van der Waals surface area contributed by atoms with Crippen molar-refractivity contribution >= 4 is 82.1 Å². The van der Waals surface area contributed by atoms with E-state index in [1.165, 1.54) is 36.4 Å². The number of Topliss-reactive ketones (excluding diaryl/α,β-unsaturated/α-hetero) is 1. The van der Waals surface area contributed by atoms with E-state index in [-0.39, 0.29) is 43.7 Å². The van der Waals surface area contributed by atoms with E-state index in [1.54, 1.807) is 13.8 Å².